The summed E-state index contributed by atoms with van der Waals surface area (Å²) in [5.74, 6) is -1.53. The van der Waals surface area contributed by atoms with Crippen LogP contribution < -0.4 is 15.2 Å². The standard InChI is InChI=1S/C9H10F4N4O3S/c10-6-3-5(8(14)16-18)1-2-7(6)17-21(19,20)15-4-9(11,12)13/h1-3,15,17-18H,4H2,(H2,14,16). The molecule has 7 nitrogen and oxygen atoms in total. The highest BCUT2D eigenvalue weighted by atomic mass is 32.2. The molecule has 0 aliphatic heterocycles. The van der Waals surface area contributed by atoms with Crippen molar-refractivity contribution in [2.45, 2.75) is 6.18 Å². The minimum absolute atomic E-state index is 0.0406. The third kappa shape index (κ3) is 5.43. The van der Waals surface area contributed by atoms with Crippen molar-refractivity contribution in [2.24, 2.45) is 10.9 Å². The van der Waals surface area contributed by atoms with Crippen molar-refractivity contribution in [1.29, 1.82) is 0 Å². The summed E-state index contributed by atoms with van der Waals surface area (Å²) in [6.07, 6.45) is -4.75. The van der Waals surface area contributed by atoms with Crippen molar-refractivity contribution in [3.63, 3.8) is 0 Å². The van der Waals surface area contributed by atoms with Gasteiger partial charge in [0.15, 0.2) is 5.84 Å². The molecule has 12 heteroatoms. The zero-order valence-corrected chi connectivity index (χ0v) is 11.0. The Bertz CT molecular complexity index is 645. The smallest absolute Gasteiger partial charge is 0.402 e. The molecular weight excluding hydrogens is 320 g/mol. The fourth-order valence-electron chi connectivity index (χ4n) is 1.17. The Kier molecular flexibility index (Phi) is 4.96. The van der Waals surface area contributed by atoms with Crippen LogP contribution in [0.5, 0.6) is 0 Å². The average molecular weight is 330 g/mol. The molecule has 0 saturated carbocycles. The van der Waals surface area contributed by atoms with Crippen molar-refractivity contribution in [2.75, 3.05) is 11.3 Å². The van der Waals surface area contributed by atoms with Gasteiger partial charge in [0.25, 0.3) is 10.2 Å². The summed E-state index contributed by atoms with van der Waals surface area (Å²) >= 11 is 0. The number of rotatable bonds is 5. The average Bonchev–Trinajstić information content (AvgIpc) is 2.37. The van der Waals surface area contributed by atoms with E-state index in [1.807, 2.05) is 0 Å². The largest absolute Gasteiger partial charge is 0.409 e. The van der Waals surface area contributed by atoms with Crippen molar-refractivity contribution in [3.05, 3.63) is 29.6 Å². The zero-order valence-electron chi connectivity index (χ0n) is 10.1. The Hall–Kier alpha value is -2.08. The van der Waals surface area contributed by atoms with E-state index in [1.165, 1.54) is 4.72 Å². The number of amidine groups is 1. The van der Waals surface area contributed by atoms with Crippen molar-refractivity contribution < 1.29 is 31.2 Å². The van der Waals surface area contributed by atoms with Gasteiger partial charge >= 0.3 is 6.18 Å². The Balaban J connectivity index is 2.88. The van der Waals surface area contributed by atoms with E-state index in [-0.39, 0.29) is 5.56 Å². The molecule has 21 heavy (non-hydrogen) atoms. The second-order valence-corrected chi connectivity index (χ2v) is 5.22. The van der Waals surface area contributed by atoms with Crippen LogP contribution in [-0.2, 0) is 10.2 Å². The Morgan fingerprint density at radius 2 is 2.00 bits per heavy atom. The molecule has 0 unspecified atom stereocenters. The molecule has 0 spiro atoms. The van der Waals surface area contributed by atoms with Crippen LogP contribution in [0.2, 0.25) is 0 Å². The SMILES string of the molecule is N/C(=N/O)c1ccc(NS(=O)(=O)NCC(F)(F)F)c(F)c1. The second-order valence-electron chi connectivity index (χ2n) is 3.72. The van der Waals surface area contributed by atoms with E-state index in [4.69, 9.17) is 10.9 Å². The molecule has 0 saturated heterocycles. The van der Waals surface area contributed by atoms with Gasteiger partial charge in [0, 0.05) is 5.56 Å². The van der Waals surface area contributed by atoms with E-state index in [2.05, 4.69) is 5.16 Å². The number of nitrogens with zero attached hydrogens (tertiary/aromatic N) is 1. The van der Waals surface area contributed by atoms with Gasteiger partial charge in [0.2, 0.25) is 0 Å². The van der Waals surface area contributed by atoms with E-state index in [0.717, 1.165) is 18.2 Å². The molecule has 0 bridgehead atoms. The van der Waals surface area contributed by atoms with Crippen LogP contribution in [0.15, 0.2) is 23.4 Å². The Labute approximate surface area is 116 Å². The van der Waals surface area contributed by atoms with E-state index < -0.39 is 40.3 Å². The van der Waals surface area contributed by atoms with E-state index in [0.29, 0.717) is 0 Å². The lowest BCUT2D eigenvalue weighted by Gasteiger charge is -2.12. The first-order valence-electron chi connectivity index (χ1n) is 5.15. The predicted molar refractivity (Wildman–Crippen MR) is 65.5 cm³/mol. The minimum atomic E-state index is -4.75. The number of oxime groups is 1. The molecule has 0 atom stereocenters. The lowest BCUT2D eigenvalue weighted by Crippen LogP contribution is -2.37. The third-order valence-corrected chi connectivity index (χ3v) is 3.09. The van der Waals surface area contributed by atoms with Gasteiger partial charge in [-0.15, -0.1) is 0 Å². The monoisotopic (exact) mass is 330 g/mol. The number of hydrogen-bond acceptors (Lipinski definition) is 4. The van der Waals surface area contributed by atoms with Crippen LogP contribution >= 0.6 is 0 Å². The maximum Gasteiger partial charge on any atom is 0.402 e. The van der Waals surface area contributed by atoms with Gasteiger partial charge in [0.05, 0.1) is 5.69 Å². The summed E-state index contributed by atoms with van der Waals surface area (Å²) in [7, 11) is -4.60. The molecule has 0 aliphatic rings. The number of nitrogens with one attached hydrogen (secondary N) is 2. The molecule has 0 radical (unpaired) electrons. The topological polar surface area (TPSA) is 117 Å². The maximum absolute atomic E-state index is 13.6. The zero-order chi connectivity index (χ0) is 16.3. The van der Waals surface area contributed by atoms with Gasteiger partial charge < -0.3 is 10.9 Å². The molecular formula is C9H10F4N4O3S. The third-order valence-electron chi connectivity index (χ3n) is 2.08. The molecule has 1 aromatic rings. The normalized spacial score (nSPS) is 13.2. The summed E-state index contributed by atoms with van der Waals surface area (Å²) < 4.78 is 74.7. The van der Waals surface area contributed by atoms with Gasteiger partial charge in [-0.3, -0.25) is 4.72 Å². The van der Waals surface area contributed by atoms with Gasteiger partial charge in [-0.25, -0.2) is 4.39 Å². The van der Waals surface area contributed by atoms with Crippen LogP contribution in [0.3, 0.4) is 0 Å². The van der Waals surface area contributed by atoms with Crippen molar-refractivity contribution in [1.82, 2.24) is 4.72 Å². The van der Waals surface area contributed by atoms with Gasteiger partial charge in [-0.1, -0.05) is 5.16 Å². The highest BCUT2D eigenvalue weighted by Gasteiger charge is 2.29. The van der Waals surface area contributed by atoms with Gasteiger partial charge in [-0.05, 0) is 18.2 Å². The quantitative estimate of drug-likeness (QED) is 0.209. The highest BCUT2D eigenvalue weighted by Crippen LogP contribution is 2.17. The molecule has 0 amide bonds. The fourth-order valence-corrected chi connectivity index (χ4v) is 2.05. The lowest BCUT2D eigenvalue weighted by atomic mass is 10.2. The predicted octanol–water partition coefficient (Wildman–Crippen LogP) is 0.729. The summed E-state index contributed by atoms with van der Waals surface area (Å²) in [4.78, 5) is 0. The molecule has 1 rings (SSSR count). The van der Waals surface area contributed by atoms with Crippen molar-refractivity contribution >= 4 is 21.7 Å². The summed E-state index contributed by atoms with van der Waals surface area (Å²) in [6.45, 7) is -1.80. The number of nitrogens with two attached hydrogens (primary N) is 1. The van der Waals surface area contributed by atoms with Crippen LogP contribution in [0.4, 0.5) is 23.2 Å². The summed E-state index contributed by atoms with van der Waals surface area (Å²) in [5, 5.41) is 11.0. The number of halogens is 4. The van der Waals surface area contributed by atoms with Crippen LogP contribution in [-0.4, -0.2) is 32.2 Å². The van der Waals surface area contributed by atoms with Gasteiger partial charge in [-0.2, -0.15) is 26.3 Å². The van der Waals surface area contributed by atoms with Crippen LogP contribution in [0, 0.1) is 5.82 Å². The first-order chi connectivity index (χ1) is 9.54. The Morgan fingerprint density at radius 1 is 1.38 bits per heavy atom. The molecule has 5 N–H and O–H groups in total. The number of hydrogen-bond donors (Lipinski definition) is 4. The molecule has 0 aromatic heterocycles. The van der Waals surface area contributed by atoms with E-state index in [9.17, 15) is 26.0 Å². The first-order valence-corrected chi connectivity index (χ1v) is 6.64. The summed E-state index contributed by atoms with van der Waals surface area (Å²) in [5.41, 5.74) is 4.55. The number of alkyl halides is 3. The van der Waals surface area contributed by atoms with Crippen LogP contribution in [0.1, 0.15) is 5.56 Å². The first kappa shape index (κ1) is 17.0. The molecule has 0 aliphatic carbocycles. The summed E-state index contributed by atoms with van der Waals surface area (Å²) in [6, 6.07) is 2.77. The number of benzene rings is 1. The van der Waals surface area contributed by atoms with E-state index >= 15 is 0 Å². The van der Waals surface area contributed by atoms with E-state index in [1.54, 1.807) is 4.72 Å². The Morgan fingerprint density at radius 3 is 2.48 bits per heavy atom. The fraction of sp³-hybridized carbons (Fsp3) is 0.222. The maximum atomic E-state index is 13.6. The lowest BCUT2D eigenvalue weighted by molar-refractivity contribution is -0.121. The molecule has 118 valence electrons. The molecule has 0 heterocycles. The van der Waals surface area contributed by atoms with Gasteiger partial charge in [0.1, 0.15) is 12.4 Å². The minimum Gasteiger partial charge on any atom is -0.409 e. The highest BCUT2D eigenvalue weighted by molar-refractivity contribution is 7.90. The van der Waals surface area contributed by atoms with Crippen molar-refractivity contribution in [3.8, 4) is 0 Å². The van der Waals surface area contributed by atoms with Crippen LogP contribution in [0.25, 0.3) is 0 Å². The second kappa shape index (κ2) is 6.13. The molecule has 0 fully saturated rings. The number of anilines is 1. The molecule has 1 aromatic carbocycles.